The second-order valence-corrected chi connectivity index (χ2v) is 4.82. The summed E-state index contributed by atoms with van der Waals surface area (Å²) >= 11 is 1.56. The van der Waals surface area contributed by atoms with Crippen molar-refractivity contribution in [3.63, 3.8) is 0 Å². The molecule has 1 saturated heterocycles. The highest BCUT2D eigenvalue weighted by molar-refractivity contribution is 8.03. The molecule has 2 rings (SSSR count). The highest BCUT2D eigenvalue weighted by Gasteiger charge is 2.34. The number of hydrogen-bond acceptors (Lipinski definition) is 6. The lowest BCUT2D eigenvalue weighted by Gasteiger charge is -2.14. The fourth-order valence-corrected chi connectivity index (χ4v) is 3.25. The van der Waals surface area contributed by atoms with Crippen molar-refractivity contribution in [1.29, 1.82) is 0 Å². The van der Waals surface area contributed by atoms with Crippen LogP contribution in [0.15, 0.2) is 22.4 Å². The SMILES string of the molecule is CCOC(=O)C=C1CSC2=C(C(=O)OC)CCN12. The summed E-state index contributed by atoms with van der Waals surface area (Å²) in [6.07, 6.45) is 2.17. The first-order chi connectivity index (χ1) is 8.67. The van der Waals surface area contributed by atoms with E-state index in [9.17, 15) is 9.59 Å². The van der Waals surface area contributed by atoms with Crippen LogP contribution >= 0.6 is 11.8 Å². The molecule has 0 aromatic rings. The average Bonchev–Trinajstić information content (AvgIpc) is 2.91. The molecule has 6 heteroatoms. The summed E-state index contributed by atoms with van der Waals surface area (Å²) in [6, 6.07) is 0. The van der Waals surface area contributed by atoms with Gasteiger partial charge in [-0.1, -0.05) is 0 Å². The van der Waals surface area contributed by atoms with Crippen LogP contribution in [0, 0.1) is 0 Å². The molecular weight excluding hydrogens is 254 g/mol. The standard InChI is InChI=1S/C12H15NO4S/c1-3-17-10(14)6-8-7-18-11-9(12(15)16-2)4-5-13(8)11/h6H,3-5,7H2,1-2H3. The minimum atomic E-state index is -0.333. The van der Waals surface area contributed by atoms with Crippen molar-refractivity contribution in [3.8, 4) is 0 Å². The lowest BCUT2D eigenvalue weighted by molar-refractivity contribution is -0.137. The number of hydrogen-bond donors (Lipinski definition) is 0. The molecule has 0 saturated carbocycles. The number of nitrogens with zero attached hydrogens (tertiary/aromatic N) is 1. The van der Waals surface area contributed by atoms with Gasteiger partial charge in [0.15, 0.2) is 0 Å². The molecular formula is C12H15NO4S. The van der Waals surface area contributed by atoms with E-state index < -0.39 is 0 Å². The van der Waals surface area contributed by atoms with Gasteiger partial charge in [-0.3, -0.25) is 0 Å². The number of ether oxygens (including phenoxy) is 2. The molecule has 0 bridgehead atoms. The van der Waals surface area contributed by atoms with E-state index in [0.29, 0.717) is 24.4 Å². The molecule has 2 heterocycles. The number of fused-ring (bicyclic) bond motifs is 1. The van der Waals surface area contributed by atoms with Crippen LogP contribution in [0.1, 0.15) is 13.3 Å². The van der Waals surface area contributed by atoms with Crippen molar-refractivity contribution in [2.24, 2.45) is 0 Å². The summed E-state index contributed by atoms with van der Waals surface area (Å²) < 4.78 is 9.64. The van der Waals surface area contributed by atoms with Crippen LogP contribution in [0.3, 0.4) is 0 Å². The number of methoxy groups -OCH3 is 1. The lowest BCUT2D eigenvalue weighted by atomic mass is 10.2. The van der Waals surface area contributed by atoms with Gasteiger partial charge in [-0.25, -0.2) is 9.59 Å². The Bertz CT molecular complexity index is 441. The van der Waals surface area contributed by atoms with Gasteiger partial charge in [0.05, 0.1) is 24.3 Å². The summed E-state index contributed by atoms with van der Waals surface area (Å²) in [5.74, 6) is 0.0764. The molecule has 2 aliphatic rings. The Labute approximate surface area is 110 Å². The van der Waals surface area contributed by atoms with Crippen LogP contribution in [0.2, 0.25) is 0 Å². The summed E-state index contributed by atoms with van der Waals surface area (Å²) in [6.45, 7) is 2.86. The Kier molecular flexibility index (Phi) is 3.96. The Morgan fingerprint density at radius 1 is 1.50 bits per heavy atom. The second kappa shape index (κ2) is 5.48. The maximum atomic E-state index is 11.6. The van der Waals surface area contributed by atoms with Crippen molar-refractivity contribution >= 4 is 23.7 Å². The van der Waals surface area contributed by atoms with E-state index in [4.69, 9.17) is 9.47 Å². The Morgan fingerprint density at radius 2 is 2.28 bits per heavy atom. The van der Waals surface area contributed by atoms with Gasteiger partial charge in [0, 0.05) is 30.5 Å². The fraction of sp³-hybridized carbons (Fsp3) is 0.500. The minimum absolute atomic E-state index is 0.280. The molecule has 0 N–H and O–H groups in total. The predicted molar refractivity (Wildman–Crippen MR) is 67.5 cm³/mol. The molecule has 2 aliphatic heterocycles. The maximum Gasteiger partial charge on any atom is 0.336 e. The zero-order valence-electron chi connectivity index (χ0n) is 10.4. The molecule has 98 valence electrons. The normalized spacial score (nSPS) is 20.3. The van der Waals surface area contributed by atoms with E-state index in [-0.39, 0.29) is 11.9 Å². The van der Waals surface area contributed by atoms with E-state index in [1.54, 1.807) is 18.7 Å². The Morgan fingerprint density at radius 3 is 2.94 bits per heavy atom. The van der Waals surface area contributed by atoms with Crippen LogP contribution in [-0.4, -0.2) is 42.9 Å². The summed E-state index contributed by atoms with van der Waals surface area (Å²) in [5.41, 5.74) is 1.60. The van der Waals surface area contributed by atoms with E-state index in [0.717, 1.165) is 17.3 Å². The Balaban J connectivity index is 2.16. The molecule has 0 unspecified atom stereocenters. The first-order valence-corrected chi connectivity index (χ1v) is 6.75. The average molecular weight is 269 g/mol. The third kappa shape index (κ3) is 2.38. The largest absolute Gasteiger partial charge is 0.466 e. The lowest BCUT2D eigenvalue weighted by Crippen LogP contribution is -2.15. The summed E-state index contributed by atoms with van der Waals surface area (Å²) in [5, 5.41) is 0.914. The molecule has 0 spiro atoms. The highest BCUT2D eigenvalue weighted by Crippen LogP contribution is 2.42. The van der Waals surface area contributed by atoms with E-state index in [1.165, 1.54) is 13.2 Å². The van der Waals surface area contributed by atoms with Gasteiger partial charge in [0.2, 0.25) is 0 Å². The Hall–Kier alpha value is -1.43. The van der Waals surface area contributed by atoms with Crippen molar-refractivity contribution in [2.45, 2.75) is 13.3 Å². The quantitative estimate of drug-likeness (QED) is 0.568. The maximum absolute atomic E-state index is 11.6. The molecule has 0 aromatic carbocycles. The predicted octanol–water partition coefficient (Wildman–Crippen LogP) is 1.27. The minimum Gasteiger partial charge on any atom is -0.466 e. The number of carbonyl (C=O) groups is 2. The number of rotatable bonds is 3. The molecule has 0 atom stereocenters. The number of esters is 2. The zero-order chi connectivity index (χ0) is 13.1. The highest BCUT2D eigenvalue weighted by atomic mass is 32.2. The molecule has 0 radical (unpaired) electrons. The fourth-order valence-electron chi connectivity index (χ4n) is 2.01. The third-order valence-corrected chi connectivity index (χ3v) is 3.98. The molecule has 0 amide bonds. The van der Waals surface area contributed by atoms with Crippen LogP contribution in [0.5, 0.6) is 0 Å². The van der Waals surface area contributed by atoms with E-state index in [1.807, 2.05) is 4.90 Å². The molecule has 18 heavy (non-hydrogen) atoms. The first kappa shape index (κ1) is 13.0. The van der Waals surface area contributed by atoms with Crippen LogP contribution < -0.4 is 0 Å². The van der Waals surface area contributed by atoms with Gasteiger partial charge in [-0.05, 0) is 6.92 Å². The van der Waals surface area contributed by atoms with Gasteiger partial charge in [0.25, 0.3) is 0 Å². The second-order valence-electron chi connectivity index (χ2n) is 3.85. The summed E-state index contributed by atoms with van der Waals surface area (Å²) in [4.78, 5) is 25.0. The smallest absolute Gasteiger partial charge is 0.336 e. The van der Waals surface area contributed by atoms with Crippen molar-refractivity contribution in [3.05, 3.63) is 22.4 Å². The molecule has 1 fully saturated rings. The number of thioether (sulfide) groups is 1. The van der Waals surface area contributed by atoms with Gasteiger partial charge < -0.3 is 14.4 Å². The monoisotopic (exact) mass is 269 g/mol. The first-order valence-electron chi connectivity index (χ1n) is 5.76. The van der Waals surface area contributed by atoms with Crippen LogP contribution in [0.25, 0.3) is 0 Å². The summed E-state index contributed by atoms with van der Waals surface area (Å²) in [7, 11) is 1.38. The molecule has 0 aromatic heterocycles. The number of carbonyl (C=O) groups excluding carboxylic acids is 2. The van der Waals surface area contributed by atoms with Crippen molar-refractivity contribution in [1.82, 2.24) is 4.90 Å². The van der Waals surface area contributed by atoms with Gasteiger partial charge in [0.1, 0.15) is 0 Å². The van der Waals surface area contributed by atoms with Crippen molar-refractivity contribution in [2.75, 3.05) is 26.0 Å². The van der Waals surface area contributed by atoms with Crippen molar-refractivity contribution < 1.29 is 19.1 Å². The van der Waals surface area contributed by atoms with E-state index >= 15 is 0 Å². The van der Waals surface area contributed by atoms with Gasteiger partial charge >= 0.3 is 11.9 Å². The third-order valence-electron chi connectivity index (χ3n) is 2.80. The topological polar surface area (TPSA) is 55.8 Å². The van der Waals surface area contributed by atoms with Crippen LogP contribution in [-0.2, 0) is 19.1 Å². The molecule has 0 aliphatic carbocycles. The van der Waals surface area contributed by atoms with Crippen LogP contribution in [0.4, 0.5) is 0 Å². The molecule has 5 nitrogen and oxygen atoms in total. The zero-order valence-corrected chi connectivity index (χ0v) is 11.2. The van der Waals surface area contributed by atoms with E-state index in [2.05, 4.69) is 0 Å². The van der Waals surface area contributed by atoms with Gasteiger partial charge in [-0.15, -0.1) is 11.8 Å². The van der Waals surface area contributed by atoms with Gasteiger partial charge in [-0.2, -0.15) is 0 Å².